The van der Waals surface area contributed by atoms with Crippen molar-refractivity contribution in [3.8, 4) is 0 Å². The highest BCUT2D eigenvalue weighted by Gasteiger charge is 2.22. The van der Waals surface area contributed by atoms with Crippen molar-refractivity contribution in [3.05, 3.63) is 97.2 Å². The highest BCUT2D eigenvalue weighted by atomic mass is 31.2. The van der Waals surface area contributed by atoms with Crippen LogP contribution in [0.4, 0.5) is 0 Å². The molecule has 0 aliphatic rings. The van der Waals surface area contributed by atoms with Crippen LogP contribution in [0.5, 0.6) is 0 Å². The lowest BCUT2D eigenvalue weighted by Crippen LogP contribution is -2.37. The van der Waals surface area contributed by atoms with E-state index in [9.17, 15) is 19.0 Å². The highest BCUT2D eigenvalue weighted by molar-refractivity contribution is 7.45. The van der Waals surface area contributed by atoms with Gasteiger partial charge in [0.1, 0.15) is 19.8 Å². The molecule has 0 saturated carbocycles. The fourth-order valence-electron chi connectivity index (χ4n) is 9.47. The van der Waals surface area contributed by atoms with Gasteiger partial charge in [-0.1, -0.05) is 291 Å². The second-order valence-corrected chi connectivity index (χ2v) is 25.2. The molecule has 0 aromatic heterocycles. The van der Waals surface area contributed by atoms with Crippen LogP contribution in [-0.4, -0.2) is 70.0 Å². The van der Waals surface area contributed by atoms with E-state index in [1.165, 1.54) is 161 Å². The van der Waals surface area contributed by atoms with Crippen LogP contribution in [0.15, 0.2) is 97.2 Å². The smallest absolute Gasteiger partial charge is 0.306 e. The Hall–Kier alpha value is -3.07. The molecule has 0 bridgehead atoms. The Balaban J connectivity index is 3.91. The first-order valence-electron chi connectivity index (χ1n) is 33.9. The summed E-state index contributed by atoms with van der Waals surface area (Å²) in [7, 11) is 1.15. The SMILES string of the molecule is CC/C=C\C/C=C\C/C=C\C/C=C\CCCCCCCCCCCCCCCCCCCCCCCCCCCCCCC(=O)OC(COC(=O)CCCCCC/C=C\C/C=C\C/C=C\C/C=C\CC)COP(=O)([O-])OCC[N+](C)(C)C. The van der Waals surface area contributed by atoms with Crippen molar-refractivity contribution in [1.29, 1.82) is 0 Å². The number of likely N-dealkylation sites (N-methyl/N-ethyl adjacent to an activating group) is 1. The molecule has 0 rings (SSSR count). The Bertz CT molecular complexity index is 1710. The molecule has 0 fully saturated rings. The standard InChI is InChI=1S/C72H128NO8P/c1-6-8-10-12-14-16-18-20-22-24-25-26-27-28-29-30-31-32-33-34-35-36-37-38-39-40-41-42-43-44-45-46-47-49-51-53-55-57-59-61-63-65-72(75)81-70(69-80-82(76,77)79-67-66-73(3,4)5)68-78-71(74)64-62-60-58-56-54-52-50-48-23-21-19-17-15-13-11-9-7-2/h8-11,14-17,20-23,25-26,50,52,70H,6-7,12-13,18-19,24,27-49,51,53-69H2,1-5H3/b10-8-,11-9-,16-14-,17-15-,22-20-,23-21-,26-25-,52-50-. The number of hydrogen-bond acceptors (Lipinski definition) is 8. The van der Waals surface area contributed by atoms with E-state index in [2.05, 4.69) is 111 Å². The fraction of sp³-hybridized carbons (Fsp3) is 0.750. The van der Waals surface area contributed by atoms with Crippen LogP contribution in [0.3, 0.4) is 0 Å². The molecule has 0 saturated heterocycles. The predicted molar refractivity (Wildman–Crippen MR) is 351 cm³/mol. The Labute approximate surface area is 506 Å². The molecule has 0 aliphatic heterocycles. The maximum Gasteiger partial charge on any atom is 0.306 e. The van der Waals surface area contributed by atoms with E-state index in [0.717, 1.165) is 96.3 Å². The minimum Gasteiger partial charge on any atom is -0.756 e. The monoisotopic (exact) mass is 1170 g/mol. The van der Waals surface area contributed by atoms with Crippen LogP contribution in [0.2, 0.25) is 0 Å². The van der Waals surface area contributed by atoms with E-state index >= 15 is 0 Å². The lowest BCUT2D eigenvalue weighted by molar-refractivity contribution is -0.870. The summed E-state index contributed by atoms with van der Waals surface area (Å²) < 4.78 is 34.2. The fourth-order valence-corrected chi connectivity index (χ4v) is 10.2. The summed E-state index contributed by atoms with van der Waals surface area (Å²) in [5, 5.41) is 0. The van der Waals surface area contributed by atoms with Crippen molar-refractivity contribution in [3.63, 3.8) is 0 Å². The van der Waals surface area contributed by atoms with E-state index in [1.54, 1.807) is 0 Å². The minimum absolute atomic E-state index is 0.0369. The van der Waals surface area contributed by atoms with Crippen molar-refractivity contribution >= 4 is 19.8 Å². The van der Waals surface area contributed by atoms with Crippen LogP contribution >= 0.6 is 7.82 Å². The molecule has 0 amide bonds. The largest absolute Gasteiger partial charge is 0.756 e. The zero-order chi connectivity index (χ0) is 59.8. The molecular weight excluding hydrogens is 1040 g/mol. The maximum absolute atomic E-state index is 12.8. The molecular formula is C72H128NO8P. The third-order valence-electron chi connectivity index (χ3n) is 14.6. The number of carbonyl (C=O) groups is 2. The molecule has 0 aliphatic carbocycles. The minimum atomic E-state index is -4.65. The summed E-state index contributed by atoms with van der Waals surface area (Å²) in [5.41, 5.74) is 0. The number of phosphoric ester groups is 1. The number of allylic oxidation sites excluding steroid dienone is 16. The number of quaternary nitrogens is 1. The number of carbonyl (C=O) groups excluding carboxylic acids is 2. The van der Waals surface area contributed by atoms with Gasteiger partial charge < -0.3 is 27.9 Å². The van der Waals surface area contributed by atoms with E-state index < -0.39 is 32.5 Å². The van der Waals surface area contributed by atoms with Crippen molar-refractivity contribution < 1.29 is 42.1 Å². The molecule has 9 nitrogen and oxygen atoms in total. The van der Waals surface area contributed by atoms with Gasteiger partial charge in [-0.2, -0.15) is 0 Å². The molecule has 82 heavy (non-hydrogen) atoms. The Morgan fingerprint density at radius 2 is 0.659 bits per heavy atom. The highest BCUT2D eigenvalue weighted by Crippen LogP contribution is 2.38. The lowest BCUT2D eigenvalue weighted by atomic mass is 10.0. The zero-order valence-electron chi connectivity index (χ0n) is 53.9. The Morgan fingerprint density at radius 3 is 0.976 bits per heavy atom. The van der Waals surface area contributed by atoms with Crippen LogP contribution in [0, 0.1) is 0 Å². The quantitative estimate of drug-likeness (QED) is 0.0195. The van der Waals surface area contributed by atoms with Crippen molar-refractivity contribution in [2.24, 2.45) is 0 Å². The van der Waals surface area contributed by atoms with E-state index in [4.69, 9.17) is 18.5 Å². The molecule has 0 radical (unpaired) electrons. The average Bonchev–Trinajstić information content (AvgIpc) is 3.45. The number of esters is 2. The van der Waals surface area contributed by atoms with E-state index in [0.29, 0.717) is 23.9 Å². The van der Waals surface area contributed by atoms with Gasteiger partial charge in [-0.15, -0.1) is 0 Å². The number of nitrogens with zero attached hydrogens (tertiary/aromatic N) is 1. The van der Waals surface area contributed by atoms with Gasteiger partial charge in [0.2, 0.25) is 0 Å². The van der Waals surface area contributed by atoms with Crippen LogP contribution in [0.25, 0.3) is 0 Å². The first kappa shape index (κ1) is 78.9. The number of hydrogen-bond donors (Lipinski definition) is 0. The predicted octanol–water partition coefficient (Wildman–Crippen LogP) is 21.3. The van der Waals surface area contributed by atoms with Gasteiger partial charge in [0.25, 0.3) is 7.82 Å². The van der Waals surface area contributed by atoms with Gasteiger partial charge in [-0.25, -0.2) is 0 Å². The van der Waals surface area contributed by atoms with Gasteiger partial charge in [0, 0.05) is 12.8 Å². The van der Waals surface area contributed by atoms with Crippen LogP contribution in [0.1, 0.15) is 296 Å². The molecule has 10 heteroatoms. The van der Waals surface area contributed by atoms with Gasteiger partial charge in [0.05, 0.1) is 27.7 Å². The molecule has 0 aromatic carbocycles. The third kappa shape index (κ3) is 66.1. The van der Waals surface area contributed by atoms with E-state index in [-0.39, 0.29) is 26.1 Å². The van der Waals surface area contributed by atoms with Crippen LogP contribution < -0.4 is 4.89 Å². The van der Waals surface area contributed by atoms with Gasteiger partial charge in [-0.3, -0.25) is 14.2 Å². The number of rotatable bonds is 62. The molecule has 474 valence electrons. The molecule has 0 aromatic rings. The van der Waals surface area contributed by atoms with Gasteiger partial charge in [0.15, 0.2) is 6.10 Å². The normalized spacial score (nSPS) is 13.8. The summed E-state index contributed by atoms with van der Waals surface area (Å²) in [4.78, 5) is 37.9. The summed E-state index contributed by atoms with van der Waals surface area (Å²) >= 11 is 0. The summed E-state index contributed by atoms with van der Waals surface area (Å²) in [6.07, 6.45) is 86.6. The number of ether oxygens (including phenoxy) is 2. The van der Waals surface area contributed by atoms with Crippen LogP contribution in [-0.2, 0) is 32.7 Å². The summed E-state index contributed by atoms with van der Waals surface area (Å²) in [5.74, 6) is -0.854. The molecule has 0 N–H and O–H groups in total. The lowest BCUT2D eigenvalue weighted by Gasteiger charge is -2.28. The number of unbranched alkanes of at least 4 members (excludes halogenated alkanes) is 32. The molecule has 2 unspecified atom stereocenters. The summed E-state index contributed by atoms with van der Waals surface area (Å²) in [6.45, 7) is 4.00. The molecule has 0 heterocycles. The average molecular weight is 1170 g/mol. The summed E-state index contributed by atoms with van der Waals surface area (Å²) in [6, 6.07) is 0. The van der Waals surface area contributed by atoms with Crippen molar-refractivity contribution in [1.82, 2.24) is 0 Å². The second-order valence-electron chi connectivity index (χ2n) is 23.8. The zero-order valence-corrected chi connectivity index (χ0v) is 54.8. The maximum atomic E-state index is 12.8. The first-order valence-corrected chi connectivity index (χ1v) is 35.4. The molecule has 0 spiro atoms. The third-order valence-corrected chi connectivity index (χ3v) is 15.6. The van der Waals surface area contributed by atoms with Gasteiger partial charge in [-0.05, 0) is 89.9 Å². The first-order chi connectivity index (χ1) is 40.0. The topological polar surface area (TPSA) is 111 Å². The van der Waals surface area contributed by atoms with Crippen molar-refractivity contribution in [2.45, 2.75) is 302 Å². The second kappa shape index (κ2) is 62.5. The molecule has 2 atom stereocenters. The number of phosphoric acid groups is 1. The Kier molecular flexibility index (Phi) is 60.1. The Morgan fingerprint density at radius 1 is 0.378 bits per heavy atom. The van der Waals surface area contributed by atoms with Crippen molar-refractivity contribution in [2.75, 3.05) is 47.5 Å². The van der Waals surface area contributed by atoms with Gasteiger partial charge >= 0.3 is 11.9 Å². The van der Waals surface area contributed by atoms with E-state index in [1.807, 2.05) is 21.1 Å².